The van der Waals surface area contributed by atoms with E-state index in [1.54, 1.807) is 0 Å². The maximum atomic E-state index is 11.5. The van der Waals surface area contributed by atoms with Crippen LogP contribution in [0.1, 0.15) is 33.6 Å². The lowest BCUT2D eigenvalue weighted by Crippen LogP contribution is -2.49. The van der Waals surface area contributed by atoms with Crippen molar-refractivity contribution in [2.24, 2.45) is 11.7 Å². The highest BCUT2D eigenvalue weighted by Crippen LogP contribution is 2.06. The van der Waals surface area contributed by atoms with Gasteiger partial charge >= 0.3 is 5.97 Å². The number of hydrogen-bond acceptors (Lipinski definition) is 4. The molecule has 0 aliphatic carbocycles. The summed E-state index contributed by atoms with van der Waals surface area (Å²) in [6, 6.07) is -1.17. The van der Waals surface area contributed by atoms with E-state index < -0.39 is 18.1 Å². The average Bonchev–Trinajstić information content (AvgIpc) is 2.25. The van der Waals surface area contributed by atoms with Gasteiger partial charge in [-0.05, 0) is 18.8 Å². The average molecular weight is 230 g/mol. The second-order valence-corrected chi connectivity index (χ2v) is 4.23. The van der Waals surface area contributed by atoms with Crippen molar-refractivity contribution in [1.82, 2.24) is 5.32 Å². The van der Waals surface area contributed by atoms with Crippen LogP contribution in [0.2, 0.25) is 0 Å². The van der Waals surface area contributed by atoms with Crippen LogP contribution in [0.25, 0.3) is 0 Å². The molecule has 16 heavy (non-hydrogen) atoms. The molecule has 0 saturated heterocycles. The van der Waals surface area contributed by atoms with E-state index in [1.807, 2.05) is 20.8 Å². The van der Waals surface area contributed by atoms with Gasteiger partial charge in [0.1, 0.15) is 6.04 Å². The molecule has 2 atom stereocenters. The van der Waals surface area contributed by atoms with Crippen molar-refractivity contribution in [2.45, 2.75) is 45.7 Å². The third kappa shape index (κ3) is 5.11. The molecule has 5 nitrogen and oxygen atoms in total. The Morgan fingerprint density at radius 1 is 1.38 bits per heavy atom. The van der Waals surface area contributed by atoms with Crippen molar-refractivity contribution < 1.29 is 14.3 Å². The Labute approximate surface area is 96.7 Å². The first-order valence-electron chi connectivity index (χ1n) is 5.56. The van der Waals surface area contributed by atoms with Crippen LogP contribution < -0.4 is 11.1 Å². The summed E-state index contributed by atoms with van der Waals surface area (Å²) >= 11 is 0. The number of carbonyl (C=O) groups excluding carboxylic acids is 2. The number of nitrogens with two attached hydrogens (primary N) is 1. The number of esters is 1. The van der Waals surface area contributed by atoms with Crippen molar-refractivity contribution in [3.8, 4) is 0 Å². The van der Waals surface area contributed by atoms with Crippen molar-refractivity contribution in [3.63, 3.8) is 0 Å². The van der Waals surface area contributed by atoms with Crippen LogP contribution in [-0.4, -0.2) is 31.1 Å². The molecule has 0 aromatic carbocycles. The Kier molecular flexibility index (Phi) is 6.72. The molecule has 0 aromatic heterocycles. The highest BCUT2D eigenvalue weighted by molar-refractivity contribution is 5.87. The molecule has 3 N–H and O–H groups in total. The zero-order chi connectivity index (χ0) is 12.7. The zero-order valence-corrected chi connectivity index (χ0v) is 10.4. The van der Waals surface area contributed by atoms with Crippen LogP contribution >= 0.6 is 0 Å². The lowest BCUT2D eigenvalue weighted by molar-refractivity contribution is -0.145. The summed E-state index contributed by atoms with van der Waals surface area (Å²) in [5.41, 5.74) is 5.57. The Bertz CT molecular complexity index is 241. The Morgan fingerprint density at radius 3 is 2.31 bits per heavy atom. The van der Waals surface area contributed by atoms with Gasteiger partial charge in [-0.15, -0.1) is 0 Å². The van der Waals surface area contributed by atoms with Gasteiger partial charge in [-0.3, -0.25) is 4.79 Å². The van der Waals surface area contributed by atoms with Crippen molar-refractivity contribution in [1.29, 1.82) is 0 Å². The van der Waals surface area contributed by atoms with E-state index in [-0.39, 0.29) is 5.91 Å². The fourth-order valence-electron chi connectivity index (χ4n) is 1.29. The molecule has 0 aliphatic rings. The van der Waals surface area contributed by atoms with E-state index in [0.29, 0.717) is 18.8 Å². The van der Waals surface area contributed by atoms with Gasteiger partial charge in [0, 0.05) is 0 Å². The first-order valence-corrected chi connectivity index (χ1v) is 5.56. The Morgan fingerprint density at radius 2 is 1.94 bits per heavy atom. The van der Waals surface area contributed by atoms with Gasteiger partial charge in [-0.25, -0.2) is 4.79 Å². The third-order valence-electron chi connectivity index (χ3n) is 2.29. The molecular weight excluding hydrogens is 208 g/mol. The van der Waals surface area contributed by atoms with E-state index in [4.69, 9.17) is 5.73 Å². The molecular formula is C11H22N2O3. The highest BCUT2D eigenvalue weighted by Gasteiger charge is 2.24. The molecule has 0 saturated carbocycles. The van der Waals surface area contributed by atoms with Gasteiger partial charge in [0.15, 0.2) is 0 Å². The molecule has 1 unspecified atom stereocenters. The topological polar surface area (TPSA) is 81.4 Å². The fraction of sp³-hybridized carbons (Fsp3) is 0.818. The van der Waals surface area contributed by atoms with E-state index in [9.17, 15) is 9.59 Å². The van der Waals surface area contributed by atoms with Gasteiger partial charge in [0.25, 0.3) is 0 Å². The number of amides is 1. The van der Waals surface area contributed by atoms with E-state index in [1.165, 1.54) is 7.11 Å². The van der Waals surface area contributed by atoms with Gasteiger partial charge in [0.05, 0.1) is 13.2 Å². The molecule has 94 valence electrons. The number of hydrogen-bond donors (Lipinski definition) is 2. The molecule has 5 heteroatoms. The van der Waals surface area contributed by atoms with Crippen LogP contribution in [0.3, 0.4) is 0 Å². The predicted molar refractivity (Wildman–Crippen MR) is 61.7 cm³/mol. The van der Waals surface area contributed by atoms with Gasteiger partial charge in [0.2, 0.25) is 5.91 Å². The Balaban J connectivity index is 4.42. The maximum Gasteiger partial charge on any atom is 0.328 e. The smallest absolute Gasteiger partial charge is 0.328 e. The first-order chi connectivity index (χ1) is 7.42. The minimum atomic E-state index is -0.602. The van der Waals surface area contributed by atoms with Crippen LogP contribution in [0.15, 0.2) is 0 Å². The van der Waals surface area contributed by atoms with E-state index in [0.717, 1.165) is 0 Å². The van der Waals surface area contributed by atoms with Crippen molar-refractivity contribution >= 4 is 11.9 Å². The number of ether oxygens (including phenoxy) is 1. The van der Waals surface area contributed by atoms with Gasteiger partial charge in [-0.2, -0.15) is 0 Å². The van der Waals surface area contributed by atoms with Gasteiger partial charge in [-0.1, -0.05) is 20.8 Å². The monoisotopic (exact) mass is 230 g/mol. The number of rotatable bonds is 6. The molecule has 0 rings (SSSR count). The second kappa shape index (κ2) is 7.22. The number of carbonyl (C=O) groups is 2. The van der Waals surface area contributed by atoms with Crippen LogP contribution in [0, 0.1) is 5.92 Å². The lowest BCUT2D eigenvalue weighted by Gasteiger charge is -2.20. The summed E-state index contributed by atoms with van der Waals surface area (Å²) in [5.74, 6) is -0.439. The molecule has 0 spiro atoms. The normalized spacial score (nSPS) is 14.4. The molecule has 0 bridgehead atoms. The summed E-state index contributed by atoms with van der Waals surface area (Å²) in [4.78, 5) is 23.0. The summed E-state index contributed by atoms with van der Waals surface area (Å²) in [7, 11) is 1.31. The van der Waals surface area contributed by atoms with Crippen LogP contribution in [0.4, 0.5) is 0 Å². The third-order valence-corrected chi connectivity index (χ3v) is 2.29. The Hall–Kier alpha value is -1.10. The fourth-order valence-corrected chi connectivity index (χ4v) is 1.29. The molecule has 0 aliphatic heterocycles. The van der Waals surface area contributed by atoms with Gasteiger partial charge < -0.3 is 15.8 Å². The predicted octanol–water partition coefficient (Wildman–Crippen LogP) is 0.428. The zero-order valence-electron chi connectivity index (χ0n) is 10.4. The summed E-state index contributed by atoms with van der Waals surface area (Å²) in [6.45, 7) is 5.77. The lowest BCUT2D eigenvalue weighted by atomic mass is 10.0. The van der Waals surface area contributed by atoms with E-state index >= 15 is 0 Å². The summed E-state index contributed by atoms with van der Waals surface area (Å²) in [5, 5.41) is 2.61. The van der Waals surface area contributed by atoms with Crippen LogP contribution in [-0.2, 0) is 14.3 Å². The first kappa shape index (κ1) is 14.9. The molecule has 0 aromatic rings. The SMILES string of the molecule is CCC(N)C(=O)N[C@@H](CC(C)C)C(=O)OC. The largest absolute Gasteiger partial charge is 0.467 e. The molecule has 0 radical (unpaired) electrons. The molecule has 0 fully saturated rings. The minimum absolute atomic E-state index is 0.294. The maximum absolute atomic E-state index is 11.5. The number of nitrogens with one attached hydrogen (secondary N) is 1. The summed E-state index contributed by atoms with van der Waals surface area (Å²) in [6.07, 6.45) is 1.09. The van der Waals surface area contributed by atoms with Crippen molar-refractivity contribution in [3.05, 3.63) is 0 Å². The van der Waals surface area contributed by atoms with E-state index in [2.05, 4.69) is 10.1 Å². The molecule has 0 heterocycles. The second-order valence-electron chi connectivity index (χ2n) is 4.23. The minimum Gasteiger partial charge on any atom is -0.467 e. The number of methoxy groups -OCH3 is 1. The van der Waals surface area contributed by atoms with Crippen molar-refractivity contribution in [2.75, 3.05) is 7.11 Å². The molecule has 1 amide bonds. The quantitative estimate of drug-likeness (QED) is 0.648. The summed E-state index contributed by atoms with van der Waals surface area (Å²) < 4.78 is 4.63. The van der Waals surface area contributed by atoms with Crippen LogP contribution in [0.5, 0.6) is 0 Å². The highest BCUT2D eigenvalue weighted by atomic mass is 16.5. The standard InChI is InChI=1S/C11H22N2O3/c1-5-8(12)10(14)13-9(6-7(2)3)11(15)16-4/h7-9H,5-6,12H2,1-4H3,(H,13,14)/t8?,9-/m0/s1.